The Bertz CT molecular complexity index is 736. The van der Waals surface area contributed by atoms with E-state index in [2.05, 4.69) is 0 Å². The van der Waals surface area contributed by atoms with Crippen LogP contribution in [-0.2, 0) is 28.6 Å². The fourth-order valence-electron chi connectivity index (χ4n) is 4.85. The van der Waals surface area contributed by atoms with E-state index in [-0.39, 0.29) is 24.2 Å². The van der Waals surface area contributed by atoms with Crippen molar-refractivity contribution in [2.75, 3.05) is 0 Å². The minimum absolute atomic E-state index is 0.108. The molecule has 0 radical (unpaired) electrons. The maximum atomic E-state index is 12.7. The van der Waals surface area contributed by atoms with Crippen molar-refractivity contribution in [3.63, 3.8) is 0 Å². The summed E-state index contributed by atoms with van der Waals surface area (Å²) in [5, 5.41) is 10.4. The average Bonchev–Trinajstić information content (AvgIpc) is 3.17. The molecule has 0 bridgehead atoms. The molecule has 3 aliphatic rings. The zero-order chi connectivity index (χ0) is 21.1. The molecule has 1 saturated carbocycles. The number of hydrogen-bond donors (Lipinski definition) is 1. The first kappa shape index (κ1) is 21.0. The maximum Gasteiger partial charge on any atom is 0.341 e. The van der Waals surface area contributed by atoms with Gasteiger partial charge in [-0.1, -0.05) is 13.0 Å². The predicted octanol–water partition coefficient (Wildman–Crippen LogP) is 2.09. The van der Waals surface area contributed by atoms with Gasteiger partial charge >= 0.3 is 5.97 Å². The summed E-state index contributed by atoms with van der Waals surface area (Å²) in [6.45, 7) is 10.7. The molecule has 0 aromatic heterocycles. The van der Waals surface area contributed by atoms with Crippen LogP contribution in [-0.4, -0.2) is 52.3 Å². The van der Waals surface area contributed by atoms with Crippen molar-refractivity contribution in [1.82, 2.24) is 0 Å². The van der Waals surface area contributed by atoms with Crippen molar-refractivity contribution in [3.8, 4) is 0 Å². The summed E-state index contributed by atoms with van der Waals surface area (Å²) in [6.07, 6.45) is 2.15. The van der Waals surface area contributed by atoms with Gasteiger partial charge in [0.1, 0.15) is 6.10 Å². The Morgan fingerprint density at radius 2 is 1.96 bits per heavy atom. The topological polar surface area (TPSA) is 102 Å². The van der Waals surface area contributed by atoms with Gasteiger partial charge in [-0.25, -0.2) is 4.79 Å². The summed E-state index contributed by atoms with van der Waals surface area (Å²) in [6, 6.07) is 0. The number of epoxide rings is 1. The molecule has 1 saturated heterocycles. The van der Waals surface area contributed by atoms with Crippen molar-refractivity contribution >= 4 is 18.2 Å². The van der Waals surface area contributed by atoms with Crippen LogP contribution in [0.15, 0.2) is 11.6 Å². The van der Waals surface area contributed by atoms with Gasteiger partial charge in [0.05, 0.1) is 11.7 Å². The average molecular weight is 394 g/mol. The van der Waals surface area contributed by atoms with E-state index >= 15 is 0 Å². The van der Waals surface area contributed by atoms with E-state index in [0.717, 1.165) is 0 Å². The van der Waals surface area contributed by atoms with Gasteiger partial charge < -0.3 is 19.3 Å². The molecule has 28 heavy (non-hydrogen) atoms. The Labute approximate surface area is 165 Å². The quantitative estimate of drug-likeness (QED) is 0.433. The summed E-state index contributed by atoms with van der Waals surface area (Å²) < 4.78 is 16.7. The molecule has 3 rings (SSSR count). The van der Waals surface area contributed by atoms with Crippen LogP contribution < -0.4 is 0 Å². The van der Waals surface area contributed by atoms with Gasteiger partial charge in [-0.15, -0.1) is 0 Å². The zero-order valence-electron chi connectivity index (χ0n) is 17.4. The molecular formula is C21H30O7. The Morgan fingerprint density at radius 1 is 1.36 bits per heavy atom. The van der Waals surface area contributed by atoms with E-state index in [9.17, 15) is 19.5 Å². The summed E-state index contributed by atoms with van der Waals surface area (Å²) in [5.41, 5.74) is -3.60. The lowest BCUT2D eigenvalue weighted by Gasteiger charge is -2.54. The molecule has 1 N–H and O–H groups in total. The second kappa shape index (κ2) is 6.39. The molecule has 7 nitrogen and oxygen atoms in total. The van der Waals surface area contributed by atoms with Crippen molar-refractivity contribution in [3.05, 3.63) is 11.6 Å². The van der Waals surface area contributed by atoms with Crippen molar-refractivity contribution in [1.29, 1.82) is 0 Å². The molecule has 0 aromatic carbocycles. The summed E-state index contributed by atoms with van der Waals surface area (Å²) in [7, 11) is 0. The highest BCUT2D eigenvalue weighted by Crippen LogP contribution is 2.55. The maximum absolute atomic E-state index is 12.7. The number of rotatable bonds is 5. The number of carbonyl (C=O) groups is 3. The van der Waals surface area contributed by atoms with E-state index < -0.39 is 34.3 Å². The molecular weight excluding hydrogens is 364 g/mol. The lowest BCUT2D eigenvalue weighted by molar-refractivity contribution is -0.206. The summed E-state index contributed by atoms with van der Waals surface area (Å²) in [4.78, 5) is 36.6. The molecule has 0 unspecified atom stereocenters. The molecule has 2 fully saturated rings. The highest BCUT2D eigenvalue weighted by atomic mass is 16.7. The van der Waals surface area contributed by atoms with E-state index in [1.165, 1.54) is 0 Å². The third kappa shape index (κ3) is 3.18. The molecule has 0 spiro atoms. The van der Waals surface area contributed by atoms with Crippen LogP contribution in [0.3, 0.4) is 0 Å². The van der Waals surface area contributed by atoms with E-state index in [0.29, 0.717) is 24.9 Å². The van der Waals surface area contributed by atoms with Gasteiger partial charge in [-0.3, -0.25) is 9.59 Å². The number of aliphatic hydroxyl groups is 1. The normalized spacial score (nSPS) is 42.9. The van der Waals surface area contributed by atoms with Gasteiger partial charge in [0.25, 0.3) is 6.47 Å². The fourth-order valence-corrected chi connectivity index (χ4v) is 4.85. The molecule has 1 heterocycles. The minimum Gasteiger partial charge on any atom is -0.457 e. The van der Waals surface area contributed by atoms with Crippen molar-refractivity contribution in [2.24, 2.45) is 11.3 Å². The van der Waals surface area contributed by atoms with Gasteiger partial charge in [0, 0.05) is 17.9 Å². The van der Waals surface area contributed by atoms with Crippen molar-refractivity contribution in [2.45, 2.75) is 89.8 Å². The van der Waals surface area contributed by atoms with Gasteiger partial charge in [0.15, 0.2) is 17.0 Å². The first-order chi connectivity index (χ1) is 12.8. The van der Waals surface area contributed by atoms with Crippen LogP contribution in [0, 0.1) is 11.3 Å². The van der Waals surface area contributed by atoms with E-state index in [4.69, 9.17) is 14.2 Å². The molecule has 156 valence electrons. The van der Waals surface area contributed by atoms with Crippen LogP contribution in [0.25, 0.3) is 0 Å². The molecule has 1 aliphatic heterocycles. The molecule has 0 amide bonds. The number of Topliss-reactive ketones (excluding diaryl/α,β-unsaturated/α-hetero) is 1. The Morgan fingerprint density at radius 3 is 2.46 bits per heavy atom. The highest BCUT2D eigenvalue weighted by molar-refractivity contribution is 5.98. The largest absolute Gasteiger partial charge is 0.457 e. The van der Waals surface area contributed by atoms with Gasteiger partial charge in [0.2, 0.25) is 0 Å². The second-order valence-corrected chi connectivity index (χ2v) is 9.57. The second-order valence-electron chi connectivity index (χ2n) is 9.57. The third-order valence-corrected chi connectivity index (χ3v) is 6.94. The Kier molecular flexibility index (Phi) is 4.79. The summed E-state index contributed by atoms with van der Waals surface area (Å²) >= 11 is 0. The van der Waals surface area contributed by atoms with Crippen LogP contribution in [0.5, 0.6) is 0 Å². The SMILES string of the molecule is C[C@@H]1O[C@]1(C)C(=O)O[C@H]1CC[C@]2(C)CC(=O)C(C(C)(C)O)=C[C@H]2[C@]1(C)OC=O. The highest BCUT2D eigenvalue weighted by Gasteiger charge is 2.62. The number of carbonyl (C=O) groups excluding carboxylic acids is 3. The minimum atomic E-state index is -1.31. The van der Waals surface area contributed by atoms with Gasteiger partial charge in [-0.05, 0) is 52.9 Å². The number of esters is 1. The van der Waals surface area contributed by atoms with E-state index in [1.807, 2.05) is 6.92 Å². The Balaban J connectivity index is 1.98. The third-order valence-electron chi connectivity index (χ3n) is 6.94. The fraction of sp³-hybridized carbons (Fsp3) is 0.762. The number of fused-ring (bicyclic) bond motifs is 1. The first-order valence-electron chi connectivity index (χ1n) is 9.76. The molecule has 7 heteroatoms. The van der Waals surface area contributed by atoms with Crippen molar-refractivity contribution < 1.29 is 33.7 Å². The van der Waals surface area contributed by atoms with Gasteiger partial charge in [-0.2, -0.15) is 0 Å². The number of hydrogen-bond acceptors (Lipinski definition) is 7. The smallest absolute Gasteiger partial charge is 0.341 e. The monoisotopic (exact) mass is 394 g/mol. The predicted molar refractivity (Wildman–Crippen MR) is 99.2 cm³/mol. The lowest BCUT2D eigenvalue weighted by atomic mass is 9.54. The Hall–Kier alpha value is -1.73. The van der Waals surface area contributed by atoms with Crippen LogP contribution in [0.2, 0.25) is 0 Å². The number of ketones is 1. The summed E-state index contributed by atoms with van der Waals surface area (Å²) in [5.74, 6) is -0.975. The standard InChI is InChI=1S/C21H30O7/c1-12-20(5,28-12)17(24)27-16-7-8-19(4)10-14(23)13(18(2,3)25)9-15(19)21(16,6)26-11-22/h9,11-12,15-16,25H,7-8,10H2,1-6H3/t12-,15+,16-,19+,20-,21-/m0/s1. The van der Waals surface area contributed by atoms with E-state index in [1.54, 1.807) is 40.7 Å². The molecule has 0 aromatic rings. The van der Waals surface area contributed by atoms with Crippen LogP contribution >= 0.6 is 0 Å². The van der Waals surface area contributed by atoms with Crippen LogP contribution in [0.4, 0.5) is 0 Å². The first-order valence-corrected chi connectivity index (χ1v) is 9.76. The lowest BCUT2D eigenvalue weighted by Crippen LogP contribution is -2.61. The van der Waals surface area contributed by atoms with Crippen LogP contribution in [0.1, 0.15) is 60.8 Å². The zero-order valence-corrected chi connectivity index (χ0v) is 17.4. The molecule has 6 atom stereocenters. The number of ether oxygens (including phenoxy) is 3. The molecule has 2 aliphatic carbocycles.